The van der Waals surface area contributed by atoms with E-state index in [0.717, 1.165) is 23.3 Å². The highest BCUT2D eigenvalue weighted by molar-refractivity contribution is 6.31. The van der Waals surface area contributed by atoms with Crippen LogP contribution in [-0.2, 0) is 11.0 Å². The summed E-state index contributed by atoms with van der Waals surface area (Å²) < 4.78 is 38.9. The molecule has 3 aromatic rings. The highest BCUT2D eigenvalue weighted by Gasteiger charge is 2.33. The van der Waals surface area contributed by atoms with Crippen molar-refractivity contribution in [3.05, 3.63) is 76.9 Å². The summed E-state index contributed by atoms with van der Waals surface area (Å²) in [4.78, 5) is 28.8. The minimum absolute atomic E-state index is 0.0886. The van der Waals surface area contributed by atoms with E-state index < -0.39 is 34.6 Å². The second-order valence-electron chi connectivity index (χ2n) is 6.93. The van der Waals surface area contributed by atoms with E-state index >= 15 is 0 Å². The second kappa shape index (κ2) is 9.27. The van der Waals surface area contributed by atoms with Crippen LogP contribution in [0.15, 0.2) is 60.8 Å². The molecule has 32 heavy (non-hydrogen) atoms. The zero-order valence-electron chi connectivity index (χ0n) is 16.7. The van der Waals surface area contributed by atoms with Crippen molar-refractivity contribution in [2.24, 2.45) is 0 Å². The Morgan fingerprint density at radius 2 is 1.69 bits per heavy atom. The largest absolute Gasteiger partial charge is 0.417 e. The summed E-state index contributed by atoms with van der Waals surface area (Å²) in [6.07, 6.45) is -3.05. The fourth-order valence-electron chi connectivity index (χ4n) is 2.81. The molecule has 1 aromatic heterocycles. The monoisotopic (exact) mass is 462 g/mol. The molecule has 10 heteroatoms. The van der Waals surface area contributed by atoms with Crippen LogP contribution in [0.4, 0.5) is 24.7 Å². The molecule has 0 unspecified atom stereocenters. The predicted octanol–water partition coefficient (Wildman–Crippen LogP) is 4.76. The summed E-state index contributed by atoms with van der Waals surface area (Å²) in [5, 5.41) is 4.38. The smallest absolute Gasteiger partial charge is 0.384 e. The fourth-order valence-corrected chi connectivity index (χ4v) is 3.03. The molecule has 6 nitrogen and oxygen atoms in total. The highest BCUT2D eigenvalue weighted by Crippen LogP contribution is 2.36. The number of amides is 2. The number of nitrogens with two attached hydrogens (primary N) is 1. The van der Waals surface area contributed by atoms with E-state index in [1.165, 1.54) is 13.0 Å². The number of nitrogens with zero attached hydrogens (tertiary/aromatic N) is 1. The summed E-state index contributed by atoms with van der Waals surface area (Å²) >= 11 is 5.57. The van der Waals surface area contributed by atoms with Gasteiger partial charge in [0.15, 0.2) is 0 Å². The predicted molar refractivity (Wildman–Crippen MR) is 116 cm³/mol. The molecule has 0 aliphatic rings. The lowest BCUT2D eigenvalue weighted by Crippen LogP contribution is -2.41. The van der Waals surface area contributed by atoms with E-state index in [9.17, 15) is 22.8 Å². The molecule has 0 saturated carbocycles. The van der Waals surface area contributed by atoms with Crippen LogP contribution in [0.5, 0.6) is 0 Å². The number of aromatic nitrogens is 1. The topological polar surface area (TPSA) is 97.1 Å². The molecular weight excluding hydrogens is 445 g/mol. The van der Waals surface area contributed by atoms with Crippen molar-refractivity contribution in [2.45, 2.75) is 19.1 Å². The van der Waals surface area contributed by atoms with Crippen molar-refractivity contribution in [3.8, 4) is 11.1 Å². The number of nitrogens with one attached hydrogen (secondary N) is 2. The number of hydrogen-bond donors (Lipinski definition) is 3. The van der Waals surface area contributed by atoms with E-state index in [-0.39, 0.29) is 5.69 Å². The number of rotatable bonds is 5. The molecular formula is C22H18ClF3N4O2. The zero-order valence-corrected chi connectivity index (χ0v) is 17.5. The van der Waals surface area contributed by atoms with E-state index in [2.05, 4.69) is 15.6 Å². The Morgan fingerprint density at radius 3 is 2.28 bits per heavy atom. The van der Waals surface area contributed by atoms with Crippen LogP contribution in [0.3, 0.4) is 0 Å². The maximum Gasteiger partial charge on any atom is 0.417 e. The Bertz CT molecular complexity index is 1130. The van der Waals surface area contributed by atoms with Gasteiger partial charge in [0, 0.05) is 23.0 Å². The van der Waals surface area contributed by atoms with E-state index in [1.807, 2.05) is 0 Å². The Hall–Kier alpha value is -3.59. The van der Waals surface area contributed by atoms with Gasteiger partial charge in [-0.3, -0.25) is 9.59 Å². The average molecular weight is 463 g/mol. The molecule has 4 N–H and O–H groups in total. The normalized spacial score (nSPS) is 12.2. The quantitative estimate of drug-likeness (QED) is 0.509. The van der Waals surface area contributed by atoms with Crippen LogP contribution in [-0.4, -0.2) is 22.8 Å². The van der Waals surface area contributed by atoms with Gasteiger partial charge in [-0.25, -0.2) is 4.98 Å². The van der Waals surface area contributed by atoms with Gasteiger partial charge in [-0.1, -0.05) is 23.7 Å². The molecule has 1 heterocycles. The van der Waals surface area contributed by atoms with Gasteiger partial charge in [0.05, 0.1) is 10.6 Å². The van der Waals surface area contributed by atoms with Crippen LogP contribution < -0.4 is 16.4 Å². The molecule has 2 aromatic carbocycles. The number of benzene rings is 2. The van der Waals surface area contributed by atoms with E-state index in [0.29, 0.717) is 11.4 Å². The molecule has 166 valence electrons. The number of carbonyl (C=O) groups is 2. The summed E-state index contributed by atoms with van der Waals surface area (Å²) in [5.74, 6) is -0.801. The summed E-state index contributed by atoms with van der Waals surface area (Å²) in [6, 6.07) is 12.1. The first-order chi connectivity index (χ1) is 15.0. The van der Waals surface area contributed by atoms with Crippen molar-refractivity contribution >= 4 is 34.9 Å². The van der Waals surface area contributed by atoms with Gasteiger partial charge >= 0.3 is 6.18 Å². The standard InChI is InChI=1S/C22H18ClF3N4O2/c1-12(20(31)30-16-7-8-18(23)17(10-16)22(24,25)26)29-21(32)14-4-2-13(3-5-14)15-6-9-19(27)28-11-15/h2-12H,1H3,(H2,27,28)(H,29,32)(H,30,31)/t12-/m0/s1. The van der Waals surface area contributed by atoms with E-state index in [4.69, 9.17) is 17.3 Å². The molecule has 2 amide bonds. The molecule has 3 rings (SSSR count). The van der Waals surface area contributed by atoms with Crippen molar-refractivity contribution < 1.29 is 22.8 Å². The van der Waals surface area contributed by atoms with Crippen LogP contribution in [0, 0.1) is 0 Å². The molecule has 0 aliphatic heterocycles. The highest BCUT2D eigenvalue weighted by atomic mass is 35.5. The molecule has 0 bridgehead atoms. The average Bonchev–Trinajstić information content (AvgIpc) is 2.75. The number of alkyl halides is 3. The summed E-state index contributed by atoms with van der Waals surface area (Å²) in [7, 11) is 0. The van der Waals surface area contributed by atoms with Crippen LogP contribution in [0.2, 0.25) is 5.02 Å². The second-order valence-corrected chi connectivity index (χ2v) is 7.33. The maximum atomic E-state index is 13.0. The van der Waals surface area contributed by atoms with Gasteiger partial charge in [0.2, 0.25) is 5.91 Å². The van der Waals surface area contributed by atoms with Gasteiger partial charge in [-0.15, -0.1) is 0 Å². The number of halogens is 4. The van der Waals surface area contributed by atoms with Crippen LogP contribution in [0.25, 0.3) is 11.1 Å². The third kappa shape index (κ3) is 5.55. The van der Waals surface area contributed by atoms with Gasteiger partial charge < -0.3 is 16.4 Å². The van der Waals surface area contributed by atoms with Crippen molar-refractivity contribution in [2.75, 3.05) is 11.1 Å². The Morgan fingerprint density at radius 1 is 1.03 bits per heavy atom. The molecule has 1 atom stereocenters. The minimum Gasteiger partial charge on any atom is -0.384 e. The van der Waals surface area contributed by atoms with Crippen molar-refractivity contribution in [1.29, 1.82) is 0 Å². The summed E-state index contributed by atoms with van der Waals surface area (Å²) in [5.41, 5.74) is 6.36. The van der Waals surface area contributed by atoms with Crippen LogP contribution >= 0.6 is 11.6 Å². The van der Waals surface area contributed by atoms with Crippen LogP contribution in [0.1, 0.15) is 22.8 Å². The van der Waals surface area contributed by atoms with Gasteiger partial charge in [-0.2, -0.15) is 13.2 Å². The molecule has 0 radical (unpaired) electrons. The SMILES string of the molecule is C[C@H](NC(=O)c1ccc(-c2ccc(N)nc2)cc1)C(=O)Nc1ccc(Cl)c(C(F)(F)F)c1. The zero-order chi connectivity index (χ0) is 23.5. The maximum absolute atomic E-state index is 13.0. The lowest BCUT2D eigenvalue weighted by Gasteiger charge is -2.16. The Kier molecular flexibility index (Phi) is 6.69. The first kappa shape index (κ1) is 23.1. The van der Waals surface area contributed by atoms with Gasteiger partial charge in [0.1, 0.15) is 11.9 Å². The number of hydrogen-bond acceptors (Lipinski definition) is 4. The third-order valence-corrected chi connectivity index (χ3v) is 4.88. The lowest BCUT2D eigenvalue weighted by atomic mass is 10.1. The molecule has 0 saturated heterocycles. The number of nitrogen functional groups attached to an aromatic ring is 1. The van der Waals surface area contributed by atoms with Crippen molar-refractivity contribution in [1.82, 2.24) is 10.3 Å². The van der Waals surface area contributed by atoms with E-state index in [1.54, 1.807) is 42.6 Å². The third-order valence-electron chi connectivity index (χ3n) is 4.55. The van der Waals surface area contributed by atoms with Crippen molar-refractivity contribution in [3.63, 3.8) is 0 Å². The molecule has 0 spiro atoms. The van der Waals surface area contributed by atoms with Gasteiger partial charge in [0.25, 0.3) is 5.91 Å². The summed E-state index contributed by atoms with van der Waals surface area (Å²) in [6.45, 7) is 1.42. The number of pyridine rings is 1. The first-order valence-corrected chi connectivity index (χ1v) is 9.73. The molecule has 0 aliphatic carbocycles. The fraction of sp³-hybridized carbons (Fsp3) is 0.136. The lowest BCUT2D eigenvalue weighted by molar-refractivity contribution is -0.137. The van der Waals surface area contributed by atoms with Gasteiger partial charge in [-0.05, 0) is 55.0 Å². The molecule has 0 fully saturated rings. The minimum atomic E-state index is -4.66. The number of carbonyl (C=O) groups excluding carboxylic acids is 2. The Labute approximate surface area is 186 Å². The Balaban J connectivity index is 1.64. The number of anilines is 2. The first-order valence-electron chi connectivity index (χ1n) is 9.35.